The Hall–Kier alpha value is -3.81. The number of nitrogens with one attached hydrogen (secondary N) is 1. The van der Waals surface area contributed by atoms with Gasteiger partial charge < -0.3 is 14.6 Å². The van der Waals surface area contributed by atoms with Gasteiger partial charge in [0.2, 0.25) is 0 Å². The molecule has 0 radical (unpaired) electrons. The fourth-order valence-electron chi connectivity index (χ4n) is 5.31. The predicted molar refractivity (Wildman–Crippen MR) is 154 cm³/mol. The predicted octanol–water partition coefficient (Wildman–Crippen LogP) is 7.23. The largest absolute Gasteiger partial charge is 0.381 e. The van der Waals surface area contributed by atoms with Crippen LogP contribution in [0.15, 0.2) is 77.9 Å². The van der Waals surface area contributed by atoms with Gasteiger partial charge in [-0.05, 0) is 93.3 Å². The number of pyridine rings is 1. The molecule has 1 aliphatic heterocycles. The van der Waals surface area contributed by atoms with Gasteiger partial charge in [0.15, 0.2) is 0 Å². The highest BCUT2D eigenvalue weighted by Crippen LogP contribution is 2.32. The molecule has 0 amide bonds. The van der Waals surface area contributed by atoms with Crippen molar-refractivity contribution in [3.05, 3.63) is 94.8 Å². The summed E-state index contributed by atoms with van der Waals surface area (Å²) in [6, 6.07) is 20.4. The molecular weight excluding hydrogens is 513 g/mol. The number of benzene rings is 3. The van der Waals surface area contributed by atoms with E-state index in [2.05, 4.69) is 16.4 Å². The van der Waals surface area contributed by atoms with Gasteiger partial charge in [0.25, 0.3) is 0 Å². The summed E-state index contributed by atoms with van der Waals surface area (Å²) >= 11 is 6.21. The maximum Gasteiger partial charge on any atom is 0.125 e. The number of methoxy groups -OCH3 is 1. The van der Waals surface area contributed by atoms with E-state index in [1.54, 1.807) is 19.4 Å². The fraction of sp³-hybridized carbons (Fsp3) is 0.258. The first kappa shape index (κ1) is 25.5. The Bertz CT molecular complexity index is 1680. The SMILES string of the molecule is COC1CCC(/N=c2\cc3n(-c4ccc(Cl)cc4)c4cc(F)ccc4nc-3cc2Nc2cccnc2C)CC1. The highest BCUT2D eigenvalue weighted by Gasteiger charge is 2.22. The van der Waals surface area contributed by atoms with Crippen molar-refractivity contribution in [2.24, 2.45) is 4.99 Å². The van der Waals surface area contributed by atoms with Crippen LogP contribution >= 0.6 is 11.6 Å². The first-order chi connectivity index (χ1) is 19.0. The molecule has 2 aliphatic carbocycles. The summed E-state index contributed by atoms with van der Waals surface area (Å²) < 4.78 is 22.1. The summed E-state index contributed by atoms with van der Waals surface area (Å²) in [5, 5.41) is 5.02. The molecule has 0 atom stereocenters. The first-order valence-electron chi connectivity index (χ1n) is 13.2. The van der Waals surface area contributed by atoms with Crippen molar-refractivity contribution in [3.8, 4) is 17.1 Å². The number of nitrogens with zero attached hydrogens (tertiary/aromatic N) is 4. The Labute approximate surface area is 231 Å². The second kappa shape index (κ2) is 10.8. The Morgan fingerprint density at radius 2 is 1.79 bits per heavy atom. The fourth-order valence-corrected chi connectivity index (χ4v) is 5.43. The molecule has 6 nitrogen and oxygen atoms in total. The van der Waals surface area contributed by atoms with E-state index < -0.39 is 0 Å². The molecule has 2 aromatic carbocycles. The molecule has 0 spiro atoms. The number of anilines is 2. The van der Waals surface area contributed by atoms with E-state index in [1.807, 2.05) is 54.0 Å². The number of ether oxygens (including phenoxy) is 1. The van der Waals surface area contributed by atoms with Crippen molar-refractivity contribution in [1.29, 1.82) is 0 Å². The number of hydrogen-bond acceptors (Lipinski definition) is 5. The van der Waals surface area contributed by atoms with Crippen molar-refractivity contribution >= 4 is 34.0 Å². The van der Waals surface area contributed by atoms with Crippen LogP contribution in [-0.4, -0.2) is 33.8 Å². The van der Waals surface area contributed by atoms with Crippen molar-refractivity contribution in [2.45, 2.75) is 44.8 Å². The second-order valence-corrected chi connectivity index (χ2v) is 10.4. The smallest absolute Gasteiger partial charge is 0.125 e. The van der Waals surface area contributed by atoms with Gasteiger partial charge in [-0.15, -0.1) is 0 Å². The van der Waals surface area contributed by atoms with E-state index in [-0.39, 0.29) is 11.9 Å². The minimum Gasteiger partial charge on any atom is -0.381 e. The van der Waals surface area contributed by atoms with E-state index in [9.17, 15) is 4.39 Å². The van der Waals surface area contributed by atoms with E-state index in [0.29, 0.717) is 22.2 Å². The molecule has 0 unspecified atom stereocenters. The van der Waals surface area contributed by atoms with E-state index in [1.165, 1.54) is 12.1 Å². The highest BCUT2D eigenvalue weighted by molar-refractivity contribution is 6.30. The summed E-state index contributed by atoms with van der Waals surface area (Å²) in [6.45, 7) is 1.97. The maximum absolute atomic E-state index is 14.5. The van der Waals surface area contributed by atoms with Crippen LogP contribution in [0, 0.1) is 12.7 Å². The molecule has 39 heavy (non-hydrogen) atoms. The molecule has 1 saturated carbocycles. The number of aromatic nitrogens is 3. The maximum atomic E-state index is 14.5. The summed E-state index contributed by atoms with van der Waals surface area (Å²) in [5.74, 6) is -0.323. The van der Waals surface area contributed by atoms with Crippen LogP contribution in [0.5, 0.6) is 0 Å². The van der Waals surface area contributed by atoms with Gasteiger partial charge in [0.1, 0.15) is 5.82 Å². The average Bonchev–Trinajstić information content (AvgIpc) is 2.94. The van der Waals surface area contributed by atoms with Gasteiger partial charge >= 0.3 is 0 Å². The number of rotatable bonds is 5. The van der Waals surface area contributed by atoms with E-state index >= 15 is 0 Å². The van der Waals surface area contributed by atoms with Crippen LogP contribution in [0.1, 0.15) is 31.4 Å². The lowest BCUT2D eigenvalue weighted by atomic mass is 9.93. The number of aryl methyl sites for hydroxylation is 1. The zero-order valence-corrected chi connectivity index (χ0v) is 22.6. The van der Waals surface area contributed by atoms with E-state index in [4.69, 9.17) is 26.3 Å². The van der Waals surface area contributed by atoms with Crippen molar-refractivity contribution in [1.82, 2.24) is 14.5 Å². The van der Waals surface area contributed by atoms with Crippen LogP contribution < -0.4 is 10.7 Å². The standard InChI is InChI=1S/C31H29ClFN5O/c1-19-25(4-3-15-34-19)36-27-17-29-31(18-28(27)35-22-8-12-24(39-2)13-9-22)38(23-10-5-20(32)6-11-23)30-16-21(33)7-14-26(30)37-29/h3-7,10-11,14-18,22,24,36H,8-9,12-13H2,1-2H3/b35-28+. The molecular formula is C31H29ClFN5O. The highest BCUT2D eigenvalue weighted by atomic mass is 35.5. The lowest BCUT2D eigenvalue weighted by Crippen LogP contribution is -2.25. The van der Waals surface area contributed by atoms with Crippen LogP contribution in [0.2, 0.25) is 5.02 Å². The molecule has 8 heteroatoms. The molecule has 0 bridgehead atoms. The lowest BCUT2D eigenvalue weighted by molar-refractivity contribution is 0.0663. The number of fused-ring (bicyclic) bond motifs is 2. The van der Waals surface area contributed by atoms with Crippen LogP contribution in [-0.2, 0) is 4.74 Å². The summed E-state index contributed by atoms with van der Waals surface area (Å²) in [7, 11) is 1.78. The molecule has 1 N–H and O–H groups in total. The van der Waals surface area contributed by atoms with Gasteiger partial charge in [-0.1, -0.05) is 11.6 Å². The molecule has 1 fully saturated rings. The van der Waals surface area contributed by atoms with Crippen LogP contribution in [0.4, 0.5) is 15.8 Å². The second-order valence-electron chi connectivity index (χ2n) is 9.97. The Kier molecular flexibility index (Phi) is 7.02. The molecule has 3 aliphatic rings. The van der Waals surface area contributed by atoms with E-state index in [0.717, 1.165) is 65.2 Å². The number of hydrogen-bond donors (Lipinski definition) is 1. The van der Waals surface area contributed by atoms with Gasteiger partial charge in [-0.2, -0.15) is 0 Å². The van der Waals surface area contributed by atoms with Gasteiger partial charge in [0.05, 0.1) is 57.0 Å². The number of halogens is 2. The third-order valence-corrected chi connectivity index (χ3v) is 7.66. The van der Waals surface area contributed by atoms with Crippen molar-refractivity contribution in [3.63, 3.8) is 0 Å². The normalized spacial score (nSPS) is 18.1. The molecule has 0 saturated heterocycles. The molecule has 1 aromatic heterocycles. The Morgan fingerprint density at radius 3 is 2.54 bits per heavy atom. The third-order valence-electron chi connectivity index (χ3n) is 7.41. The minimum absolute atomic E-state index is 0.180. The monoisotopic (exact) mass is 541 g/mol. The van der Waals surface area contributed by atoms with Crippen molar-refractivity contribution in [2.75, 3.05) is 12.4 Å². The molecule has 2 heterocycles. The first-order valence-corrected chi connectivity index (χ1v) is 13.5. The van der Waals surface area contributed by atoms with Crippen LogP contribution in [0.25, 0.3) is 28.1 Å². The molecule has 198 valence electrons. The third kappa shape index (κ3) is 5.24. The minimum atomic E-state index is -0.323. The quantitative estimate of drug-likeness (QED) is 0.238. The molecule has 6 rings (SSSR count). The summed E-state index contributed by atoms with van der Waals surface area (Å²) in [5.41, 5.74) is 6.45. The molecule has 3 aromatic rings. The summed E-state index contributed by atoms with van der Waals surface area (Å²) in [4.78, 5) is 14.6. The average molecular weight is 542 g/mol. The van der Waals surface area contributed by atoms with Crippen LogP contribution in [0.3, 0.4) is 0 Å². The zero-order valence-electron chi connectivity index (χ0n) is 21.9. The Morgan fingerprint density at radius 1 is 1.00 bits per heavy atom. The zero-order chi connectivity index (χ0) is 26.9. The summed E-state index contributed by atoms with van der Waals surface area (Å²) in [6.07, 6.45) is 5.96. The van der Waals surface area contributed by atoms with Gasteiger partial charge in [0, 0.05) is 30.1 Å². The topological polar surface area (TPSA) is 64.3 Å². The van der Waals surface area contributed by atoms with Gasteiger partial charge in [-0.3, -0.25) is 9.98 Å². The Balaban J connectivity index is 1.60. The lowest BCUT2D eigenvalue weighted by Gasteiger charge is -2.25. The van der Waals surface area contributed by atoms with Gasteiger partial charge in [-0.25, -0.2) is 9.37 Å². The van der Waals surface area contributed by atoms with Crippen molar-refractivity contribution < 1.29 is 9.13 Å².